The molecule has 108 valence electrons. The van der Waals surface area contributed by atoms with Crippen molar-refractivity contribution in [1.29, 1.82) is 0 Å². The Bertz CT molecular complexity index is 471. The van der Waals surface area contributed by atoms with E-state index in [0.717, 1.165) is 4.90 Å². The zero-order valence-electron chi connectivity index (χ0n) is 10.8. The van der Waals surface area contributed by atoms with Crippen molar-refractivity contribution in [1.82, 2.24) is 14.9 Å². The average Bonchev–Trinajstić information content (AvgIpc) is 2.25. The first kappa shape index (κ1) is 15.6. The van der Waals surface area contributed by atoms with E-state index >= 15 is 0 Å². The molecule has 1 fully saturated rings. The smallest absolute Gasteiger partial charge is 0.246 e. The minimum Gasteiger partial charge on any atom is -0.323 e. The van der Waals surface area contributed by atoms with Crippen LogP contribution in [0.1, 0.15) is 20.3 Å². The molecule has 0 radical (unpaired) electrons. The fourth-order valence-corrected chi connectivity index (χ4v) is 3.01. The number of carbonyl (C=O) groups excluding carboxylic acids is 3. The SMILES string of the molecule is CCCS(=O)(=O)NC(C)C(=O)N1CC(=O)NC(=O)C1. The molecular weight excluding hydrogens is 274 g/mol. The third-order valence-corrected chi connectivity index (χ3v) is 4.12. The lowest BCUT2D eigenvalue weighted by molar-refractivity contribution is -0.146. The first-order chi connectivity index (χ1) is 8.75. The maximum Gasteiger partial charge on any atom is 0.246 e. The number of rotatable bonds is 5. The molecule has 3 amide bonds. The third-order valence-electron chi connectivity index (χ3n) is 2.46. The van der Waals surface area contributed by atoms with Crippen LogP contribution >= 0.6 is 0 Å². The van der Waals surface area contributed by atoms with E-state index in [1.165, 1.54) is 6.92 Å². The maximum absolute atomic E-state index is 11.9. The Labute approximate surface area is 111 Å². The Kier molecular flexibility index (Phi) is 5.01. The van der Waals surface area contributed by atoms with Gasteiger partial charge in [0.2, 0.25) is 27.7 Å². The molecule has 0 aromatic heterocycles. The van der Waals surface area contributed by atoms with E-state index in [-0.39, 0.29) is 18.8 Å². The van der Waals surface area contributed by atoms with Crippen molar-refractivity contribution in [2.24, 2.45) is 0 Å². The van der Waals surface area contributed by atoms with Crippen LogP contribution in [0.2, 0.25) is 0 Å². The Morgan fingerprint density at radius 2 is 1.89 bits per heavy atom. The van der Waals surface area contributed by atoms with E-state index < -0.39 is 33.8 Å². The zero-order chi connectivity index (χ0) is 14.6. The molecule has 0 saturated carbocycles. The molecule has 1 rings (SSSR count). The Morgan fingerprint density at radius 3 is 2.37 bits per heavy atom. The summed E-state index contributed by atoms with van der Waals surface area (Å²) in [5.41, 5.74) is 0. The standard InChI is InChI=1S/C10H17N3O5S/c1-3-4-19(17,18)12-7(2)10(16)13-5-8(14)11-9(15)6-13/h7,12H,3-6H2,1-2H3,(H,11,14,15). The normalized spacial score (nSPS) is 18.1. The van der Waals surface area contributed by atoms with Crippen LogP contribution in [-0.2, 0) is 24.4 Å². The molecule has 1 heterocycles. The van der Waals surface area contributed by atoms with Crippen LogP contribution in [0.5, 0.6) is 0 Å². The van der Waals surface area contributed by atoms with Gasteiger partial charge in [-0.2, -0.15) is 0 Å². The van der Waals surface area contributed by atoms with Crippen LogP contribution in [-0.4, -0.2) is 55.9 Å². The van der Waals surface area contributed by atoms with E-state index in [2.05, 4.69) is 10.0 Å². The van der Waals surface area contributed by atoms with Crippen molar-refractivity contribution >= 4 is 27.7 Å². The van der Waals surface area contributed by atoms with Crippen LogP contribution in [0, 0.1) is 0 Å². The number of hydrogen-bond donors (Lipinski definition) is 2. The van der Waals surface area contributed by atoms with Crippen LogP contribution < -0.4 is 10.0 Å². The van der Waals surface area contributed by atoms with Crippen molar-refractivity contribution in [2.75, 3.05) is 18.8 Å². The molecule has 2 N–H and O–H groups in total. The molecule has 0 aromatic rings. The number of nitrogens with zero attached hydrogens (tertiary/aromatic N) is 1. The van der Waals surface area contributed by atoms with Crippen molar-refractivity contribution in [3.63, 3.8) is 0 Å². The zero-order valence-corrected chi connectivity index (χ0v) is 11.6. The third kappa shape index (κ3) is 4.60. The highest BCUT2D eigenvalue weighted by Gasteiger charge is 2.30. The van der Waals surface area contributed by atoms with Gasteiger partial charge in [-0.05, 0) is 13.3 Å². The van der Waals surface area contributed by atoms with Crippen LogP contribution in [0.4, 0.5) is 0 Å². The van der Waals surface area contributed by atoms with E-state index in [1.807, 2.05) is 0 Å². The second-order valence-electron chi connectivity index (χ2n) is 4.32. The molecular formula is C10H17N3O5S. The summed E-state index contributed by atoms with van der Waals surface area (Å²) >= 11 is 0. The Morgan fingerprint density at radius 1 is 1.37 bits per heavy atom. The van der Waals surface area contributed by atoms with Crippen molar-refractivity contribution in [3.05, 3.63) is 0 Å². The quantitative estimate of drug-likeness (QED) is 0.580. The number of hydrogen-bond acceptors (Lipinski definition) is 5. The Hall–Kier alpha value is -1.48. The average molecular weight is 291 g/mol. The summed E-state index contributed by atoms with van der Waals surface area (Å²) in [6.07, 6.45) is 0.431. The van der Waals surface area contributed by atoms with E-state index in [4.69, 9.17) is 0 Å². The van der Waals surface area contributed by atoms with Crippen LogP contribution in [0.3, 0.4) is 0 Å². The number of imide groups is 1. The van der Waals surface area contributed by atoms with E-state index in [9.17, 15) is 22.8 Å². The summed E-state index contributed by atoms with van der Waals surface area (Å²) in [5, 5.41) is 2.06. The van der Waals surface area contributed by atoms with Crippen molar-refractivity contribution in [3.8, 4) is 0 Å². The summed E-state index contributed by atoms with van der Waals surface area (Å²) in [5.74, 6) is -1.83. The fraction of sp³-hybridized carbons (Fsp3) is 0.700. The molecule has 1 saturated heterocycles. The highest BCUT2D eigenvalue weighted by molar-refractivity contribution is 7.89. The molecule has 8 nitrogen and oxygen atoms in total. The van der Waals surface area contributed by atoms with Gasteiger partial charge in [-0.3, -0.25) is 19.7 Å². The van der Waals surface area contributed by atoms with Gasteiger partial charge in [0.05, 0.1) is 11.8 Å². The van der Waals surface area contributed by atoms with Gasteiger partial charge in [-0.15, -0.1) is 0 Å². The lowest BCUT2D eigenvalue weighted by Gasteiger charge is -2.28. The minimum atomic E-state index is -3.52. The van der Waals surface area contributed by atoms with Gasteiger partial charge in [-0.25, -0.2) is 13.1 Å². The molecule has 1 unspecified atom stereocenters. The molecule has 1 aliphatic rings. The summed E-state index contributed by atoms with van der Waals surface area (Å²) in [7, 11) is -3.52. The van der Waals surface area contributed by atoms with Crippen molar-refractivity contribution in [2.45, 2.75) is 26.3 Å². The molecule has 19 heavy (non-hydrogen) atoms. The fourth-order valence-electron chi connectivity index (χ4n) is 1.71. The van der Waals surface area contributed by atoms with Gasteiger partial charge in [0.1, 0.15) is 13.1 Å². The Balaban J connectivity index is 2.67. The van der Waals surface area contributed by atoms with Gasteiger partial charge in [0.25, 0.3) is 0 Å². The first-order valence-electron chi connectivity index (χ1n) is 5.86. The van der Waals surface area contributed by atoms with Gasteiger partial charge in [-0.1, -0.05) is 6.92 Å². The van der Waals surface area contributed by atoms with Gasteiger partial charge < -0.3 is 4.90 Å². The van der Waals surface area contributed by atoms with Crippen molar-refractivity contribution < 1.29 is 22.8 Å². The molecule has 1 aliphatic heterocycles. The molecule has 9 heteroatoms. The van der Waals surface area contributed by atoms with Crippen LogP contribution in [0.25, 0.3) is 0 Å². The maximum atomic E-state index is 11.9. The molecule has 0 bridgehead atoms. The van der Waals surface area contributed by atoms with Gasteiger partial charge >= 0.3 is 0 Å². The predicted octanol–water partition coefficient (Wildman–Crippen LogP) is -1.81. The minimum absolute atomic E-state index is 0.0793. The molecule has 0 aliphatic carbocycles. The number of nitrogens with one attached hydrogen (secondary N) is 2. The summed E-state index contributed by atoms with van der Waals surface area (Å²) in [6.45, 7) is 2.60. The largest absolute Gasteiger partial charge is 0.323 e. The number of sulfonamides is 1. The second kappa shape index (κ2) is 6.11. The molecule has 0 aromatic carbocycles. The predicted molar refractivity (Wildman–Crippen MR) is 66.4 cm³/mol. The lowest BCUT2D eigenvalue weighted by Crippen LogP contribution is -2.57. The van der Waals surface area contributed by atoms with E-state index in [1.54, 1.807) is 6.92 Å². The first-order valence-corrected chi connectivity index (χ1v) is 7.52. The second-order valence-corrected chi connectivity index (χ2v) is 6.20. The van der Waals surface area contributed by atoms with Gasteiger partial charge in [0, 0.05) is 0 Å². The number of carbonyl (C=O) groups is 3. The summed E-state index contributed by atoms with van der Waals surface area (Å²) in [4.78, 5) is 35.2. The monoisotopic (exact) mass is 291 g/mol. The van der Waals surface area contributed by atoms with Gasteiger partial charge in [0.15, 0.2) is 0 Å². The molecule has 1 atom stereocenters. The number of amides is 3. The highest BCUT2D eigenvalue weighted by atomic mass is 32.2. The summed E-state index contributed by atoms with van der Waals surface area (Å²) in [6, 6.07) is -1.00. The van der Waals surface area contributed by atoms with E-state index in [0.29, 0.717) is 6.42 Å². The molecule has 0 spiro atoms. The summed E-state index contributed by atoms with van der Waals surface area (Å²) < 4.78 is 25.3. The highest BCUT2D eigenvalue weighted by Crippen LogP contribution is 2.01. The van der Waals surface area contributed by atoms with Crippen LogP contribution in [0.15, 0.2) is 0 Å². The topological polar surface area (TPSA) is 113 Å². The number of piperazine rings is 1. The lowest BCUT2D eigenvalue weighted by atomic mass is 10.2.